The Labute approximate surface area is 93.0 Å². The minimum absolute atomic E-state index is 0.194. The normalized spacial score (nSPS) is 14.4. The lowest BCUT2D eigenvalue weighted by Gasteiger charge is -2.14. The van der Waals surface area contributed by atoms with Crippen LogP contribution in [0.2, 0.25) is 5.15 Å². The minimum Gasteiger partial charge on any atom is -0.327 e. The van der Waals surface area contributed by atoms with Crippen molar-refractivity contribution in [3.05, 3.63) is 17.4 Å². The lowest BCUT2D eigenvalue weighted by Crippen LogP contribution is -2.34. The molecule has 0 spiro atoms. The van der Waals surface area contributed by atoms with E-state index in [9.17, 15) is 4.79 Å². The Kier molecular flexibility index (Phi) is 3.99. The van der Waals surface area contributed by atoms with E-state index in [1.165, 1.54) is 12.3 Å². The molecule has 0 bridgehead atoms. The lowest BCUT2D eigenvalue weighted by molar-refractivity contribution is -0.119. The van der Waals surface area contributed by atoms with Gasteiger partial charge in [-0.1, -0.05) is 18.5 Å². The van der Waals surface area contributed by atoms with Crippen LogP contribution in [0.3, 0.4) is 0 Å². The van der Waals surface area contributed by atoms with E-state index < -0.39 is 0 Å². The zero-order valence-corrected chi connectivity index (χ0v) is 9.32. The third-order valence-corrected chi connectivity index (χ3v) is 2.27. The van der Waals surface area contributed by atoms with Gasteiger partial charge in [0.2, 0.25) is 11.9 Å². The first-order valence-corrected chi connectivity index (χ1v) is 4.93. The number of nitrogens with one attached hydrogen (secondary N) is 1. The van der Waals surface area contributed by atoms with E-state index in [-0.39, 0.29) is 29.0 Å². The van der Waals surface area contributed by atoms with Crippen molar-refractivity contribution in [1.82, 2.24) is 9.97 Å². The second-order valence-electron chi connectivity index (χ2n) is 3.34. The Morgan fingerprint density at radius 1 is 1.60 bits per heavy atom. The molecular formula is C9H13ClN4O. The zero-order chi connectivity index (χ0) is 11.4. The minimum atomic E-state index is -0.299. The van der Waals surface area contributed by atoms with Crippen molar-refractivity contribution in [3.8, 4) is 0 Å². The molecule has 1 heterocycles. The fourth-order valence-corrected chi connectivity index (χ4v) is 0.996. The van der Waals surface area contributed by atoms with Crippen molar-refractivity contribution in [1.29, 1.82) is 0 Å². The molecule has 82 valence electrons. The maximum Gasteiger partial charge on any atom is 0.231 e. The number of carbonyl (C=O) groups is 1. The van der Waals surface area contributed by atoms with Gasteiger partial charge in [0, 0.05) is 12.2 Å². The van der Waals surface area contributed by atoms with Crippen molar-refractivity contribution < 1.29 is 4.79 Å². The largest absolute Gasteiger partial charge is 0.327 e. The summed E-state index contributed by atoms with van der Waals surface area (Å²) in [4.78, 5) is 19.2. The summed E-state index contributed by atoms with van der Waals surface area (Å²) in [7, 11) is 0. The lowest BCUT2D eigenvalue weighted by atomic mass is 10.0. The molecular weight excluding hydrogens is 216 g/mol. The number of anilines is 1. The van der Waals surface area contributed by atoms with Gasteiger partial charge >= 0.3 is 0 Å². The maximum atomic E-state index is 11.6. The van der Waals surface area contributed by atoms with Crippen LogP contribution in [0.15, 0.2) is 12.3 Å². The second kappa shape index (κ2) is 5.04. The van der Waals surface area contributed by atoms with Crippen LogP contribution in [0.4, 0.5) is 5.95 Å². The quantitative estimate of drug-likeness (QED) is 0.758. The van der Waals surface area contributed by atoms with Crippen LogP contribution in [0.25, 0.3) is 0 Å². The number of nitrogens with zero attached hydrogens (tertiary/aromatic N) is 2. The van der Waals surface area contributed by atoms with E-state index in [0.29, 0.717) is 0 Å². The highest BCUT2D eigenvalue weighted by atomic mass is 35.5. The number of halogens is 1. The second-order valence-corrected chi connectivity index (χ2v) is 3.73. The van der Waals surface area contributed by atoms with E-state index in [1.807, 2.05) is 0 Å². The molecule has 6 heteroatoms. The summed E-state index contributed by atoms with van der Waals surface area (Å²) in [5.74, 6) is -0.320. The van der Waals surface area contributed by atoms with Gasteiger partial charge in [0.25, 0.3) is 0 Å². The molecule has 2 unspecified atom stereocenters. The topological polar surface area (TPSA) is 80.9 Å². The SMILES string of the molecule is CC(N)C(C)C(=O)Nc1nccc(Cl)n1. The Morgan fingerprint density at radius 2 is 2.27 bits per heavy atom. The highest BCUT2D eigenvalue weighted by Gasteiger charge is 2.17. The molecule has 0 aliphatic carbocycles. The molecule has 1 rings (SSSR count). The Morgan fingerprint density at radius 3 is 2.80 bits per heavy atom. The molecule has 1 amide bonds. The van der Waals surface area contributed by atoms with Gasteiger partial charge in [-0.2, -0.15) is 0 Å². The Balaban J connectivity index is 2.66. The van der Waals surface area contributed by atoms with Gasteiger partial charge in [-0.3, -0.25) is 10.1 Å². The van der Waals surface area contributed by atoms with Crippen LogP contribution in [-0.4, -0.2) is 21.9 Å². The van der Waals surface area contributed by atoms with Crippen molar-refractivity contribution in [2.45, 2.75) is 19.9 Å². The molecule has 0 saturated carbocycles. The van der Waals surface area contributed by atoms with Gasteiger partial charge in [0.1, 0.15) is 5.15 Å². The number of amides is 1. The number of aromatic nitrogens is 2. The molecule has 0 radical (unpaired) electrons. The summed E-state index contributed by atoms with van der Waals surface area (Å²) >= 11 is 5.64. The van der Waals surface area contributed by atoms with Crippen LogP contribution in [-0.2, 0) is 4.79 Å². The first-order chi connectivity index (χ1) is 7.00. The van der Waals surface area contributed by atoms with E-state index in [1.54, 1.807) is 13.8 Å². The average Bonchev–Trinajstić information content (AvgIpc) is 2.16. The molecule has 0 aliphatic heterocycles. The van der Waals surface area contributed by atoms with Gasteiger partial charge in [0.05, 0.1) is 5.92 Å². The van der Waals surface area contributed by atoms with Crippen LogP contribution < -0.4 is 11.1 Å². The summed E-state index contributed by atoms with van der Waals surface area (Å²) in [5, 5.41) is 2.82. The van der Waals surface area contributed by atoms with Crippen LogP contribution in [0, 0.1) is 5.92 Å². The van der Waals surface area contributed by atoms with Crippen molar-refractivity contribution in [2.24, 2.45) is 11.7 Å². The van der Waals surface area contributed by atoms with E-state index >= 15 is 0 Å². The van der Waals surface area contributed by atoms with E-state index in [4.69, 9.17) is 17.3 Å². The molecule has 1 aromatic rings. The van der Waals surface area contributed by atoms with Gasteiger partial charge in [0.15, 0.2) is 0 Å². The number of carbonyl (C=O) groups excluding carboxylic acids is 1. The highest BCUT2D eigenvalue weighted by molar-refractivity contribution is 6.29. The number of hydrogen-bond donors (Lipinski definition) is 2. The van der Waals surface area contributed by atoms with Gasteiger partial charge < -0.3 is 5.73 Å². The van der Waals surface area contributed by atoms with Crippen molar-refractivity contribution in [2.75, 3.05) is 5.32 Å². The summed E-state index contributed by atoms with van der Waals surface area (Å²) in [6.07, 6.45) is 1.47. The molecule has 0 aliphatic rings. The zero-order valence-electron chi connectivity index (χ0n) is 8.57. The van der Waals surface area contributed by atoms with Crippen molar-refractivity contribution >= 4 is 23.5 Å². The fourth-order valence-electron chi connectivity index (χ4n) is 0.860. The monoisotopic (exact) mass is 228 g/mol. The standard InChI is InChI=1S/C9H13ClN4O/c1-5(6(2)11)8(15)14-9-12-4-3-7(10)13-9/h3-6H,11H2,1-2H3,(H,12,13,14,15). The van der Waals surface area contributed by atoms with Crippen molar-refractivity contribution in [3.63, 3.8) is 0 Å². The Hall–Kier alpha value is -1.20. The fraction of sp³-hybridized carbons (Fsp3) is 0.444. The first-order valence-electron chi connectivity index (χ1n) is 4.55. The number of rotatable bonds is 3. The molecule has 15 heavy (non-hydrogen) atoms. The third-order valence-electron chi connectivity index (χ3n) is 2.06. The van der Waals surface area contributed by atoms with Crippen LogP contribution >= 0.6 is 11.6 Å². The average molecular weight is 229 g/mol. The Bertz CT molecular complexity index is 356. The highest BCUT2D eigenvalue weighted by Crippen LogP contribution is 2.08. The van der Waals surface area contributed by atoms with E-state index in [2.05, 4.69) is 15.3 Å². The van der Waals surface area contributed by atoms with Crippen LogP contribution in [0.1, 0.15) is 13.8 Å². The third kappa shape index (κ3) is 3.45. The first kappa shape index (κ1) is 11.9. The molecule has 2 atom stereocenters. The number of hydrogen-bond acceptors (Lipinski definition) is 4. The summed E-state index contributed by atoms with van der Waals surface area (Å²) in [5.41, 5.74) is 5.59. The predicted octanol–water partition coefficient (Wildman–Crippen LogP) is 1.05. The molecule has 1 aromatic heterocycles. The molecule has 0 aromatic carbocycles. The molecule has 3 N–H and O–H groups in total. The smallest absolute Gasteiger partial charge is 0.231 e. The summed E-state index contributed by atoms with van der Waals surface area (Å²) in [6.45, 7) is 3.51. The predicted molar refractivity (Wildman–Crippen MR) is 58.5 cm³/mol. The summed E-state index contributed by atoms with van der Waals surface area (Å²) in [6, 6.07) is 1.32. The van der Waals surface area contributed by atoms with Gasteiger partial charge in [-0.05, 0) is 13.0 Å². The van der Waals surface area contributed by atoms with Crippen LogP contribution in [0.5, 0.6) is 0 Å². The molecule has 0 saturated heterocycles. The van der Waals surface area contributed by atoms with Gasteiger partial charge in [-0.15, -0.1) is 0 Å². The maximum absolute atomic E-state index is 11.6. The number of nitrogens with two attached hydrogens (primary N) is 1. The molecule has 0 fully saturated rings. The van der Waals surface area contributed by atoms with E-state index in [0.717, 1.165) is 0 Å². The molecule has 5 nitrogen and oxygen atoms in total. The summed E-state index contributed by atoms with van der Waals surface area (Å²) < 4.78 is 0. The van der Waals surface area contributed by atoms with Gasteiger partial charge in [-0.25, -0.2) is 9.97 Å².